The van der Waals surface area contributed by atoms with E-state index in [0.29, 0.717) is 5.92 Å². The number of rotatable bonds is 7. The van der Waals surface area contributed by atoms with E-state index >= 15 is 0 Å². The molecular formula is C17H25NO. The van der Waals surface area contributed by atoms with Gasteiger partial charge in [-0.25, -0.2) is 0 Å². The maximum Gasteiger partial charge on any atom is 0.187 e. The molecular weight excluding hydrogens is 234 g/mol. The van der Waals surface area contributed by atoms with Gasteiger partial charge in [0.1, 0.15) is 0 Å². The highest BCUT2D eigenvalue weighted by Crippen LogP contribution is 2.10. The Morgan fingerprint density at radius 1 is 1.26 bits per heavy atom. The second-order valence-corrected chi connectivity index (χ2v) is 5.26. The summed E-state index contributed by atoms with van der Waals surface area (Å²) in [6.45, 7) is 9.33. The van der Waals surface area contributed by atoms with E-state index in [0.717, 1.165) is 30.6 Å². The van der Waals surface area contributed by atoms with Gasteiger partial charge in [0.15, 0.2) is 5.78 Å². The molecule has 0 radical (unpaired) electrons. The van der Waals surface area contributed by atoms with Gasteiger partial charge < -0.3 is 5.32 Å². The third kappa shape index (κ3) is 5.29. The van der Waals surface area contributed by atoms with Crippen LogP contribution in [-0.2, 0) is 0 Å². The number of aryl methyl sites for hydroxylation is 1. The molecule has 1 aromatic rings. The second kappa shape index (κ2) is 7.78. The van der Waals surface area contributed by atoms with E-state index in [1.165, 1.54) is 5.56 Å². The monoisotopic (exact) mass is 259 g/mol. The van der Waals surface area contributed by atoms with E-state index in [1.54, 1.807) is 6.08 Å². The largest absolute Gasteiger partial charge is 0.388 e. The molecule has 0 atom stereocenters. The van der Waals surface area contributed by atoms with Crippen molar-refractivity contribution < 1.29 is 4.79 Å². The van der Waals surface area contributed by atoms with Gasteiger partial charge >= 0.3 is 0 Å². The van der Waals surface area contributed by atoms with Crippen LogP contribution >= 0.6 is 0 Å². The SMILES string of the molecule is CCCCNC(=CC(=O)c1ccc(C)cc1)C(C)C. The van der Waals surface area contributed by atoms with Crippen molar-refractivity contribution in [2.75, 3.05) is 6.54 Å². The molecule has 1 rings (SSSR count). The molecule has 19 heavy (non-hydrogen) atoms. The van der Waals surface area contributed by atoms with Crippen LogP contribution in [0.15, 0.2) is 36.0 Å². The van der Waals surface area contributed by atoms with Gasteiger partial charge in [-0.2, -0.15) is 0 Å². The smallest absolute Gasteiger partial charge is 0.187 e. The number of unbranched alkanes of at least 4 members (excludes halogenated alkanes) is 1. The lowest BCUT2D eigenvalue weighted by Gasteiger charge is -2.14. The first-order chi connectivity index (χ1) is 9.04. The molecule has 0 aliphatic rings. The summed E-state index contributed by atoms with van der Waals surface area (Å²) in [5, 5.41) is 3.37. The van der Waals surface area contributed by atoms with Crippen molar-refractivity contribution in [3.8, 4) is 0 Å². The Kier molecular flexibility index (Phi) is 6.34. The van der Waals surface area contributed by atoms with Crippen LogP contribution in [0.1, 0.15) is 49.5 Å². The molecule has 1 N–H and O–H groups in total. The fourth-order valence-electron chi connectivity index (χ4n) is 1.77. The molecule has 0 aliphatic heterocycles. The quantitative estimate of drug-likeness (QED) is 0.453. The average molecular weight is 259 g/mol. The zero-order valence-corrected chi connectivity index (χ0v) is 12.5. The van der Waals surface area contributed by atoms with Gasteiger partial charge in [0.25, 0.3) is 0 Å². The minimum Gasteiger partial charge on any atom is -0.388 e. The molecule has 0 aromatic heterocycles. The number of allylic oxidation sites excluding steroid dienone is 2. The van der Waals surface area contributed by atoms with Gasteiger partial charge in [0, 0.05) is 23.9 Å². The molecule has 0 saturated heterocycles. The second-order valence-electron chi connectivity index (χ2n) is 5.26. The summed E-state index contributed by atoms with van der Waals surface area (Å²) in [5.74, 6) is 0.416. The van der Waals surface area contributed by atoms with Crippen molar-refractivity contribution in [2.45, 2.75) is 40.5 Å². The minimum absolute atomic E-state index is 0.0766. The van der Waals surface area contributed by atoms with Gasteiger partial charge in [-0.15, -0.1) is 0 Å². The van der Waals surface area contributed by atoms with Crippen molar-refractivity contribution in [3.05, 3.63) is 47.2 Å². The van der Waals surface area contributed by atoms with Crippen LogP contribution in [0, 0.1) is 12.8 Å². The van der Waals surface area contributed by atoms with Crippen LogP contribution in [0.5, 0.6) is 0 Å². The van der Waals surface area contributed by atoms with Gasteiger partial charge in [0.2, 0.25) is 0 Å². The summed E-state index contributed by atoms with van der Waals surface area (Å²) < 4.78 is 0. The maximum atomic E-state index is 12.2. The van der Waals surface area contributed by atoms with Crippen molar-refractivity contribution in [1.82, 2.24) is 5.32 Å². The predicted molar refractivity (Wildman–Crippen MR) is 81.3 cm³/mol. The molecule has 1 aromatic carbocycles. The Bertz CT molecular complexity index is 429. The summed E-state index contributed by atoms with van der Waals surface area (Å²) in [7, 11) is 0. The zero-order valence-electron chi connectivity index (χ0n) is 12.5. The Labute approximate surface area is 116 Å². The standard InChI is InChI=1S/C17H25NO/c1-5-6-11-18-16(13(2)3)12-17(19)15-9-7-14(4)8-10-15/h7-10,12-13,18H,5-6,11H2,1-4H3. The van der Waals surface area contributed by atoms with E-state index in [1.807, 2.05) is 31.2 Å². The summed E-state index contributed by atoms with van der Waals surface area (Å²) in [5.41, 5.74) is 2.95. The third-order valence-corrected chi connectivity index (χ3v) is 3.10. The Morgan fingerprint density at radius 3 is 2.42 bits per heavy atom. The molecule has 104 valence electrons. The predicted octanol–water partition coefficient (Wildman–Crippen LogP) is 4.11. The minimum atomic E-state index is 0.0766. The Balaban J connectivity index is 2.77. The molecule has 0 bridgehead atoms. The lowest BCUT2D eigenvalue weighted by Crippen LogP contribution is -2.20. The number of nitrogens with one attached hydrogen (secondary N) is 1. The summed E-state index contributed by atoms with van der Waals surface area (Å²) in [4.78, 5) is 12.2. The number of carbonyl (C=O) groups is 1. The number of carbonyl (C=O) groups excluding carboxylic acids is 1. The molecule has 0 amide bonds. The van der Waals surface area contributed by atoms with Crippen LogP contribution in [0.3, 0.4) is 0 Å². The van der Waals surface area contributed by atoms with Crippen molar-refractivity contribution in [3.63, 3.8) is 0 Å². The van der Waals surface area contributed by atoms with Crippen LogP contribution < -0.4 is 5.32 Å². The molecule has 0 saturated carbocycles. The van der Waals surface area contributed by atoms with Crippen molar-refractivity contribution in [2.24, 2.45) is 5.92 Å². The Hall–Kier alpha value is -1.57. The van der Waals surface area contributed by atoms with Gasteiger partial charge in [-0.05, 0) is 19.3 Å². The highest BCUT2D eigenvalue weighted by molar-refractivity contribution is 6.04. The molecule has 2 nitrogen and oxygen atoms in total. The van der Waals surface area contributed by atoms with Crippen LogP contribution in [0.2, 0.25) is 0 Å². The fraction of sp³-hybridized carbons (Fsp3) is 0.471. The summed E-state index contributed by atoms with van der Waals surface area (Å²) in [6, 6.07) is 7.72. The van der Waals surface area contributed by atoms with E-state index < -0.39 is 0 Å². The molecule has 0 unspecified atom stereocenters. The molecule has 0 aliphatic carbocycles. The van der Waals surface area contributed by atoms with Gasteiger partial charge in [-0.1, -0.05) is 57.0 Å². The maximum absolute atomic E-state index is 12.2. The number of ketones is 1. The first kappa shape index (κ1) is 15.5. The lowest BCUT2D eigenvalue weighted by atomic mass is 10.0. The van der Waals surface area contributed by atoms with Crippen LogP contribution in [0.25, 0.3) is 0 Å². The van der Waals surface area contributed by atoms with Crippen molar-refractivity contribution in [1.29, 1.82) is 0 Å². The topological polar surface area (TPSA) is 29.1 Å². The normalized spacial score (nSPS) is 11.7. The lowest BCUT2D eigenvalue weighted by molar-refractivity contribution is 0.104. The summed E-state index contributed by atoms with van der Waals surface area (Å²) in [6.07, 6.45) is 4.03. The number of hydrogen-bond acceptors (Lipinski definition) is 2. The van der Waals surface area contributed by atoms with E-state index in [4.69, 9.17) is 0 Å². The van der Waals surface area contributed by atoms with Crippen molar-refractivity contribution >= 4 is 5.78 Å². The Morgan fingerprint density at radius 2 is 1.89 bits per heavy atom. The van der Waals surface area contributed by atoms with Crippen LogP contribution in [0.4, 0.5) is 0 Å². The van der Waals surface area contributed by atoms with E-state index in [9.17, 15) is 4.79 Å². The average Bonchev–Trinajstić information content (AvgIpc) is 2.38. The first-order valence-electron chi connectivity index (χ1n) is 7.11. The first-order valence-corrected chi connectivity index (χ1v) is 7.11. The van der Waals surface area contributed by atoms with E-state index in [2.05, 4.69) is 26.1 Å². The molecule has 2 heteroatoms. The van der Waals surface area contributed by atoms with E-state index in [-0.39, 0.29) is 5.78 Å². The third-order valence-electron chi connectivity index (χ3n) is 3.10. The zero-order chi connectivity index (χ0) is 14.3. The van der Waals surface area contributed by atoms with Gasteiger partial charge in [-0.3, -0.25) is 4.79 Å². The van der Waals surface area contributed by atoms with Gasteiger partial charge in [0.05, 0.1) is 0 Å². The highest BCUT2D eigenvalue weighted by Gasteiger charge is 2.07. The molecule has 0 fully saturated rings. The van der Waals surface area contributed by atoms with Crippen LogP contribution in [-0.4, -0.2) is 12.3 Å². The highest BCUT2D eigenvalue weighted by atomic mass is 16.1. The fourth-order valence-corrected chi connectivity index (χ4v) is 1.77. The number of benzene rings is 1. The molecule has 0 spiro atoms. The summed E-state index contributed by atoms with van der Waals surface area (Å²) >= 11 is 0. The molecule has 0 heterocycles. The number of hydrogen-bond donors (Lipinski definition) is 1.